The third-order valence-corrected chi connectivity index (χ3v) is 8.04. The molecule has 1 atom stereocenters. The van der Waals surface area contributed by atoms with Crippen molar-refractivity contribution in [1.29, 1.82) is 0 Å². The number of amides is 1. The van der Waals surface area contributed by atoms with Gasteiger partial charge < -0.3 is 14.4 Å². The molecule has 3 heterocycles. The Balaban J connectivity index is 1.44. The molecule has 3 aromatic rings. The van der Waals surface area contributed by atoms with Gasteiger partial charge in [0.05, 0.1) is 22.7 Å². The number of carbonyl (C=O) groups excluding carboxylic acids is 1. The first-order valence-corrected chi connectivity index (χ1v) is 13.7. The van der Waals surface area contributed by atoms with Crippen LogP contribution in [0.3, 0.4) is 0 Å². The summed E-state index contributed by atoms with van der Waals surface area (Å²) in [5, 5.41) is -0.781. The van der Waals surface area contributed by atoms with Crippen LogP contribution < -0.4 is 14.2 Å². The number of ether oxygens (including phenoxy) is 2. The zero-order valence-electron chi connectivity index (χ0n) is 20.9. The number of pyridine rings is 2. The maximum Gasteiger partial charge on any atom is 0.267 e. The first-order valence-electron chi connectivity index (χ1n) is 12.1. The molecule has 1 aliphatic rings. The van der Waals surface area contributed by atoms with Crippen LogP contribution in [-0.2, 0) is 10.0 Å². The highest BCUT2D eigenvalue weighted by Crippen LogP contribution is 2.30. The van der Waals surface area contributed by atoms with Gasteiger partial charge in [0.1, 0.15) is 11.9 Å². The smallest absolute Gasteiger partial charge is 0.267 e. The van der Waals surface area contributed by atoms with Gasteiger partial charge in [-0.2, -0.15) is 4.39 Å². The molecule has 1 aliphatic heterocycles. The van der Waals surface area contributed by atoms with E-state index < -0.39 is 50.2 Å². The summed E-state index contributed by atoms with van der Waals surface area (Å²) < 4.78 is 68.1. The largest absolute Gasteiger partial charge is 0.481 e. The summed E-state index contributed by atoms with van der Waals surface area (Å²) in [4.78, 5) is 22.9. The summed E-state index contributed by atoms with van der Waals surface area (Å²) in [6, 6.07) is 10.6. The minimum absolute atomic E-state index is 0.339. The SMILES string of the molecule is CC[C@@H](Oc1ccc(C(=O)NS(=O)(=O)C2CCN(C)CC2)c(F)c1F)c1ccc(Oc2ccccn2)cn1. The highest BCUT2D eigenvalue weighted by Gasteiger charge is 2.32. The van der Waals surface area contributed by atoms with Crippen LogP contribution >= 0.6 is 0 Å². The molecule has 2 aromatic heterocycles. The van der Waals surface area contributed by atoms with Crippen molar-refractivity contribution in [1.82, 2.24) is 19.6 Å². The van der Waals surface area contributed by atoms with E-state index in [2.05, 4.69) is 9.97 Å². The monoisotopic (exact) mass is 546 g/mol. The molecule has 9 nitrogen and oxygen atoms in total. The lowest BCUT2D eigenvalue weighted by Crippen LogP contribution is -2.44. The molecule has 0 spiro atoms. The molecule has 1 fully saturated rings. The second-order valence-electron chi connectivity index (χ2n) is 8.92. The van der Waals surface area contributed by atoms with Gasteiger partial charge in [-0.25, -0.2) is 22.5 Å². The molecule has 4 rings (SSSR count). The fourth-order valence-corrected chi connectivity index (χ4v) is 5.40. The molecule has 1 amide bonds. The molecule has 1 saturated heterocycles. The second kappa shape index (κ2) is 11.8. The first kappa shape index (κ1) is 27.4. The van der Waals surface area contributed by atoms with E-state index in [1.54, 1.807) is 43.5 Å². The fraction of sp³-hybridized carbons (Fsp3) is 0.346. The summed E-state index contributed by atoms with van der Waals surface area (Å²) in [5.41, 5.74) is -0.278. The number of nitrogens with zero attached hydrogens (tertiary/aromatic N) is 3. The predicted molar refractivity (Wildman–Crippen MR) is 135 cm³/mol. The zero-order valence-corrected chi connectivity index (χ0v) is 21.7. The predicted octanol–water partition coefficient (Wildman–Crippen LogP) is 4.23. The molecule has 0 unspecified atom stereocenters. The molecule has 0 aliphatic carbocycles. The Morgan fingerprint density at radius 3 is 2.50 bits per heavy atom. The van der Waals surface area contributed by atoms with Gasteiger partial charge in [-0.1, -0.05) is 13.0 Å². The van der Waals surface area contributed by atoms with Gasteiger partial charge in [-0.05, 0) is 69.7 Å². The maximum absolute atomic E-state index is 14.9. The molecule has 0 saturated carbocycles. The molecule has 38 heavy (non-hydrogen) atoms. The van der Waals surface area contributed by atoms with E-state index in [9.17, 15) is 22.0 Å². The normalized spacial score (nSPS) is 15.6. The Hall–Kier alpha value is -3.64. The van der Waals surface area contributed by atoms with E-state index in [4.69, 9.17) is 9.47 Å². The number of piperidine rings is 1. The average molecular weight is 547 g/mol. The third-order valence-electron chi connectivity index (χ3n) is 6.22. The van der Waals surface area contributed by atoms with Crippen LogP contribution in [0, 0.1) is 11.6 Å². The van der Waals surface area contributed by atoms with Gasteiger partial charge >= 0.3 is 0 Å². The van der Waals surface area contributed by atoms with Crippen LogP contribution in [0.15, 0.2) is 54.9 Å². The lowest BCUT2D eigenvalue weighted by molar-refractivity contribution is 0.0975. The third kappa shape index (κ3) is 6.43. The van der Waals surface area contributed by atoms with E-state index in [1.165, 1.54) is 6.20 Å². The van der Waals surface area contributed by atoms with E-state index in [0.29, 0.717) is 49.7 Å². The van der Waals surface area contributed by atoms with Gasteiger partial charge in [0, 0.05) is 12.3 Å². The van der Waals surface area contributed by atoms with Crippen molar-refractivity contribution in [3.63, 3.8) is 0 Å². The standard InChI is InChI=1S/C26H28F2N4O5S/c1-3-21(20-9-7-17(16-30-20)36-23-6-4-5-13-29-23)37-22-10-8-19(24(27)25(22)28)26(33)31-38(34,35)18-11-14-32(2)15-12-18/h4-10,13,16,18,21H,3,11-12,14-15H2,1-2H3,(H,31,33)/t21-/m1/s1. The molecular weight excluding hydrogens is 518 g/mol. The number of likely N-dealkylation sites (tertiary alicyclic amines) is 1. The van der Waals surface area contributed by atoms with Crippen molar-refractivity contribution in [3.8, 4) is 17.4 Å². The van der Waals surface area contributed by atoms with Gasteiger partial charge in [0.15, 0.2) is 11.6 Å². The highest BCUT2D eigenvalue weighted by atomic mass is 32.2. The average Bonchev–Trinajstić information content (AvgIpc) is 2.90. The molecule has 1 aromatic carbocycles. The van der Waals surface area contributed by atoms with Crippen LogP contribution in [0.25, 0.3) is 0 Å². The number of carbonyl (C=O) groups is 1. The van der Waals surface area contributed by atoms with Crippen LogP contribution in [0.2, 0.25) is 0 Å². The molecular formula is C26H28F2N4O5S. The minimum atomic E-state index is -4.05. The summed E-state index contributed by atoms with van der Waals surface area (Å²) in [6.45, 7) is 2.90. The Morgan fingerprint density at radius 1 is 1.11 bits per heavy atom. The molecule has 0 bridgehead atoms. The number of aromatic nitrogens is 2. The summed E-state index contributed by atoms with van der Waals surface area (Å²) in [7, 11) is -2.17. The first-order chi connectivity index (χ1) is 18.2. The van der Waals surface area contributed by atoms with Crippen molar-refractivity contribution in [2.75, 3.05) is 20.1 Å². The number of nitrogens with one attached hydrogen (secondary N) is 1. The Labute approximate surface area is 219 Å². The van der Waals surface area contributed by atoms with Gasteiger partial charge in [0.25, 0.3) is 5.91 Å². The number of rotatable bonds is 9. The Morgan fingerprint density at radius 2 is 1.87 bits per heavy atom. The zero-order chi connectivity index (χ0) is 27.3. The van der Waals surface area contributed by atoms with E-state index in [-0.39, 0.29) is 0 Å². The van der Waals surface area contributed by atoms with Gasteiger partial charge in [0.2, 0.25) is 21.7 Å². The second-order valence-corrected chi connectivity index (χ2v) is 10.9. The lowest BCUT2D eigenvalue weighted by atomic mass is 10.1. The Bertz CT molecular complexity index is 1370. The van der Waals surface area contributed by atoms with Crippen LogP contribution in [0.4, 0.5) is 8.78 Å². The summed E-state index contributed by atoms with van der Waals surface area (Å²) in [6.07, 6.45) is 3.39. The highest BCUT2D eigenvalue weighted by molar-refractivity contribution is 7.90. The van der Waals surface area contributed by atoms with Crippen molar-refractivity contribution < 1.29 is 31.5 Å². The minimum Gasteiger partial charge on any atom is -0.481 e. The van der Waals surface area contributed by atoms with E-state index in [1.807, 2.05) is 16.7 Å². The number of hydrogen-bond acceptors (Lipinski definition) is 8. The van der Waals surface area contributed by atoms with Gasteiger partial charge in [-0.3, -0.25) is 9.78 Å². The fourth-order valence-electron chi connectivity index (χ4n) is 4.04. The van der Waals surface area contributed by atoms with Crippen molar-refractivity contribution >= 4 is 15.9 Å². The maximum atomic E-state index is 14.9. The quantitative estimate of drug-likeness (QED) is 0.425. The molecule has 12 heteroatoms. The van der Waals surface area contributed by atoms with Crippen LogP contribution in [0.5, 0.6) is 17.4 Å². The molecule has 0 radical (unpaired) electrons. The van der Waals surface area contributed by atoms with E-state index >= 15 is 0 Å². The number of halogens is 2. The van der Waals surface area contributed by atoms with Crippen molar-refractivity contribution in [3.05, 3.63) is 77.8 Å². The topological polar surface area (TPSA) is 111 Å². The lowest BCUT2D eigenvalue weighted by Gasteiger charge is -2.28. The summed E-state index contributed by atoms with van der Waals surface area (Å²) >= 11 is 0. The van der Waals surface area contributed by atoms with Crippen LogP contribution in [-0.4, -0.2) is 54.6 Å². The van der Waals surface area contributed by atoms with Crippen molar-refractivity contribution in [2.45, 2.75) is 37.5 Å². The number of sulfonamides is 1. The van der Waals surface area contributed by atoms with E-state index in [0.717, 1.165) is 12.1 Å². The number of hydrogen-bond donors (Lipinski definition) is 1. The number of benzene rings is 1. The summed E-state index contributed by atoms with van der Waals surface area (Å²) in [5.74, 6) is -3.73. The molecule has 202 valence electrons. The Kier molecular flexibility index (Phi) is 8.52. The van der Waals surface area contributed by atoms with Gasteiger partial charge in [-0.15, -0.1) is 0 Å². The van der Waals surface area contributed by atoms with Crippen molar-refractivity contribution in [2.24, 2.45) is 0 Å². The van der Waals surface area contributed by atoms with Crippen LogP contribution in [0.1, 0.15) is 48.3 Å². The molecule has 1 N–H and O–H groups in total.